The largest absolute Gasteiger partial charge is 0.337 e. The first kappa shape index (κ1) is 17.1. The summed E-state index contributed by atoms with van der Waals surface area (Å²) in [7, 11) is 1.95. The Morgan fingerprint density at radius 1 is 1.17 bits per heavy atom. The van der Waals surface area contributed by atoms with E-state index in [0.717, 1.165) is 28.5 Å². The first-order valence-electron chi connectivity index (χ1n) is 9.93. The van der Waals surface area contributed by atoms with Crippen LogP contribution in [0.15, 0.2) is 42.9 Å². The van der Waals surface area contributed by atoms with Crippen molar-refractivity contribution < 1.29 is 9.59 Å². The smallest absolute Gasteiger partial charge is 0.321 e. The summed E-state index contributed by atoms with van der Waals surface area (Å²) >= 11 is 0. The first-order valence-corrected chi connectivity index (χ1v) is 9.93. The van der Waals surface area contributed by atoms with Crippen molar-refractivity contribution in [1.82, 2.24) is 35.0 Å². The van der Waals surface area contributed by atoms with Gasteiger partial charge in [0.25, 0.3) is 0 Å². The minimum Gasteiger partial charge on any atom is -0.337 e. The van der Waals surface area contributed by atoms with Crippen LogP contribution in [0, 0.1) is 0 Å². The molecule has 3 amide bonds. The van der Waals surface area contributed by atoms with Crippen LogP contribution in [0.5, 0.6) is 0 Å². The molecular weight excluding hydrogens is 382 g/mol. The first-order chi connectivity index (χ1) is 14.6. The average Bonchev–Trinajstić information content (AvgIpc) is 3.23. The van der Waals surface area contributed by atoms with Crippen molar-refractivity contribution in [3.05, 3.63) is 59.7 Å². The lowest BCUT2D eigenvalue weighted by Gasteiger charge is -2.22. The molecule has 150 valence electrons. The third-order valence-corrected chi connectivity index (χ3v) is 6.17. The Labute approximate surface area is 171 Å². The van der Waals surface area contributed by atoms with Crippen molar-refractivity contribution >= 4 is 28.5 Å². The number of carbonyl (C=O) groups excluding carboxylic acids is 2. The summed E-state index contributed by atoms with van der Waals surface area (Å²) in [5.74, 6) is -0.148. The molecule has 1 saturated heterocycles. The lowest BCUT2D eigenvalue weighted by molar-refractivity contribution is -0.122. The Bertz CT molecular complexity index is 1340. The van der Waals surface area contributed by atoms with Crippen LogP contribution >= 0.6 is 0 Å². The second-order valence-corrected chi connectivity index (χ2v) is 8.01. The number of nitrogens with zero attached hydrogens (tertiary/aromatic N) is 5. The summed E-state index contributed by atoms with van der Waals surface area (Å²) in [6, 6.07) is 8.02. The van der Waals surface area contributed by atoms with Crippen molar-refractivity contribution in [2.75, 3.05) is 6.54 Å². The minimum absolute atomic E-state index is 0.239. The quantitative estimate of drug-likeness (QED) is 0.545. The highest BCUT2D eigenvalue weighted by Crippen LogP contribution is 2.55. The molecule has 4 aromatic rings. The molecule has 4 heterocycles. The number of carbonyl (C=O) groups is 2. The molecule has 30 heavy (non-hydrogen) atoms. The Hall–Kier alpha value is -3.75. The van der Waals surface area contributed by atoms with E-state index in [9.17, 15) is 9.59 Å². The Balaban J connectivity index is 1.38. The van der Waals surface area contributed by atoms with E-state index in [4.69, 9.17) is 0 Å². The van der Waals surface area contributed by atoms with Gasteiger partial charge in [0.2, 0.25) is 5.91 Å². The molecule has 2 N–H and O–H groups in total. The molecule has 1 aliphatic carbocycles. The van der Waals surface area contributed by atoms with Crippen LogP contribution in [0.25, 0.3) is 16.6 Å². The number of urea groups is 1. The van der Waals surface area contributed by atoms with Gasteiger partial charge in [-0.3, -0.25) is 14.8 Å². The predicted octanol–water partition coefficient (Wildman–Crippen LogP) is 1.81. The van der Waals surface area contributed by atoms with Gasteiger partial charge in [-0.25, -0.2) is 14.3 Å². The summed E-state index contributed by atoms with van der Waals surface area (Å²) in [5, 5.41) is 15.0. The van der Waals surface area contributed by atoms with Crippen LogP contribution in [-0.2, 0) is 11.8 Å². The average molecular weight is 401 g/mol. The number of rotatable bonds is 3. The summed E-state index contributed by atoms with van der Waals surface area (Å²) < 4.78 is 3.62. The van der Waals surface area contributed by atoms with Crippen molar-refractivity contribution in [3.8, 4) is 0 Å². The van der Waals surface area contributed by atoms with Crippen molar-refractivity contribution in [2.24, 2.45) is 7.05 Å². The Morgan fingerprint density at radius 3 is 2.93 bits per heavy atom. The van der Waals surface area contributed by atoms with E-state index in [1.807, 2.05) is 24.0 Å². The zero-order valence-corrected chi connectivity index (χ0v) is 16.2. The van der Waals surface area contributed by atoms with Gasteiger partial charge in [-0.2, -0.15) is 10.2 Å². The molecule has 0 spiro atoms. The summed E-state index contributed by atoms with van der Waals surface area (Å²) in [5.41, 5.74) is 4.94. The van der Waals surface area contributed by atoms with Gasteiger partial charge in [0, 0.05) is 36.9 Å². The molecule has 0 radical (unpaired) electrons. The van der Waals surface area contributed by atoms with Crippen LogP contribution in [0.2, 0.25) is 0 Å². The van der Waals surface area contributed by atoms with E-state index in [2.05, 4.69) is 44.0 Å². The van der Waals surface area contributed by atoms with Crippen LogP contribution in [0.1, 0.15) is 41.0 Å². The molecule has 9 heteroatoms. The number of imide groups is 1. The topological polar surface area (TPSA) is 106 Å². The van der Waals surface area contributed by atoms with Crippen molar-refractivity contribution in [1.29, 1.82) is 0 Å². The number of benzene rings is 1. The number of hydrogen-bond donors (Lipinski definition) is 2. The van der Waals surface area contributed by atoms with Gasteiger partial charge in [-0.1, -0.05) is 12.1 Å². The van der Waals surface area contributed by atoms with Gasteiger partial charge in [0.05, 0.1) is 23.3 Å². The fourth-order valence-electron chi connectivity index (χ4n) is 4.47. The third kappa shape index (κ3) is 2.58. The second-order valence-electron chi connectivity index (χ2n) is 8.01. The number of aryl methyl sites for hydroxylation is 1. The lowest BCUT2D eigenvalue weighted by atomic mass is 9.99. The highest BCUT2D eigenvalue weighted by atomic mass is 16.2. The fourth-order valence-corrected chi connectivity index (χ4v) is 4.47. The fraction of sp³-hybridized carbons (Fsp3) is 0.286. The summed E-state index contributed by atoms with van der Waals surface area (Å²) in [4.78, 5) is 28.3. The van der Waals surface area contributed by atoms with E-state index < -0.39 is 11.9 Å². The van der Waals surface area contributed by atoms with Crippen molar-refractivity contribution in [2.45, 2.75) is 24.2 Å². The SMILES string of the molecule is Cn1ncc2ccc([C@H]3C[C@@H]3c3cc(C4CNC(=O)NC4=O)nn4ccnc34)cc21. The molecule has 1 unspecified atom stereocenters. The number of imidazole rings is 1. The maximum absolute atomic E-state index is 12.3. The maximum Gasteiger partial charge on any atom is 0.321 e. The molecule has 1 aliphatic heterocycles. The predicted molar refractivity (Wildman–Crippen MR) is 108 cm³/mol. The number of nitrogens with one attached hydrogen (secondary N) is 2. The van der Waals surface area contributed by atoms with E-state index in [-0.39, 0.29) is 12.5 Å². The van der Waals surface area contributed by atoms with E-state index in [1.54, 1.807) is 16.9 Å². The number of amides is 3. The zero-order chi connectivity index (χ0) is 20.4. The van der Waals surface area contributed by atoms with Gasteiger partial charge in [0.1, 0.15) is 0 Å². The van der Waals surface area contributed by atoms with E-state index in [0.29, 0.717) is 17.5 Å². The maximum atomic E-state index is 12.3. The molecule has 9 nitrogen and oxygen atoms in total. The summed E-state index contributed by atoms with van der Waals surface area (Å²) in [6.07, 6.45) is 6.40. The molecule has 2 aliphatic rings. The number of hydrogen-bond acceptors (Lipinski definition) is 5. The Kier molecular flexibility index (Phi) is 3.50. The highest BCUT2D eigenvalue weighted by molar-refractivity contribution is 6.00. The highest BCUT2D eigenvalue weighted by Gasteiger charge is 2.42. The second kappa shape index (κ2) is 6.12. The lowest BCUT2D eigenvalue weighted by Crippen LogP contribution is -2.51. The van der Waals surface area contributed by atoms with Gasteiger partial charge in [-0.05, 0) is 36.0 Å². The Morgan fingerprint density at radius 2 is 2.07 bits per heavy atom. The van der Waals surface area contributed by atoms with Gasteiger partial charge in [-0.15, -0.1) is 0 Å². The molecule has 1 aromatic carbocycles. The number of aromatic nitrogens is 5. The van der Waals surface area contributed by atoms with Crippen LogP contribution in [-0.4, -0.2) is 42.9 Å². The van der Waals surface area contributed by atoms with E-state index in [1.165, 1.54) is 5.56 Å². The van der Waals surface area contributed by atoms with Crippen LogP contribution < -0.4 is 10.6 Å². The molecule has 3 atom stereocenters. The third-order valence-electron chi connectivity index (χ3n) is 6.17. The molecule has 0 bridgehead atoms. The van der Waals surface area contributed by atoms with E-state index >= 15 is 0 Å². The molecular formula is C21H19N7O2. The van der Waals surface area contributed by atoms with Gasteiger partial charge < -0.3 is 5.32 Å². The minimum atomic E-state index is -0.517. The standard InChI is InChI=1S/C21H19N7O2/c1-27-18-6-11(2-3-12(18)9-24-27)13-7-14(13)15-8-17(26-28-5-4-22-19(15)28)16-10-23-21(30)25-20(16)29/h2-6,8-9,13-14,16H,7,10H2,1H3,(H2,23,25,29,30)/t13-,14+,16?/m1/s1. The molecule has 1 saturated carbocycles. The van der Waals surface area contributed by atoms with Gasteiger partial charge in [0.15, 0.2) is 5.65 Å². The van der Waals surface area contributed by atoms with Crippen LogP contribution in [0.3, 0.4) is 0 Å². The monoisotopic (exact) mass is 401 g/mol. The normalized spacial score (nSPS) is 23.6. The molecule has 3 aromatic heterocycles. The van der Waals surface area contributed by atoms with Crippen molar-refractivity contribution in [3.63, 3.8) is 0 Å². The number of fused-ring (bicyclic) bond motifs is 2. The summed E-state index contributed by atoms with van der Waals surface area (Å²) in [6.45, 7) is 0.239. The zero-order valence-electron chi connectivity index (χ0n) is 16.2. The van der Waals surface area contributed by atoms with Gasteiger partial charge >= 0.3 is 6.03 Å². The molecule has 6 rings (SSSR count). The molecule has 2 fully saturated rings. The van der Waals surface area contributed by atoms with Crippen LogP contribution in [0.4, 0.5) is 4.79 Å².